The number of nitriles is 1. The molecule has 0 bridgehead atoms. The average molecular weight is 303 g/mol. The van der Waals surface area contributed by atoms with E-state index >= 15 is 0 Å². The lowest BCUT2D eigenvalue weighted by Gasteiger charge is -2.11. The van der Waals surface area contributed by atoms with Crippen LogP contribution in [-0.4, -0.2) is 30.6 Å². The number of carbonyl (C=O) groups is 3. The second-order valence-electron chi connectivity index (χ2n) is 4.60. The Labute approximate surface area is 128 Å². The van der Waals surface area contributed by atoms with Crippen LogP contribution in [0.1, 0.15) is 36.2 Å². The minimum Gasteiger partial charge on any atom is -0.452 e. The van der Waals surface area contributed by atoms with Crippen LogP contribution in [0.15, 0.2) is 24.3 Å². The zero-order chi connectivity index (χ0) is 16.5. The van der Waals surface area contributed by atoms with Gasteiger partial charge in [-0.1, -0.05) is 6.92 Å². The van der Waals surface area contributed by atoms with E-state index in [-0.39, 0.29) is 11.6 Å². The SMILES string of the molecule is CC[C@@H](C)NC(=O)NC(=O)COC(=O)c1ccc(C#N)cc1. The molecule has 0 aliphatic rings. The minimum absolute atomic E-state index is 0.0611. The van der Waals surface area contributed by atoms with E-state index in [9.17, 15) is 14.4 Å². The van der Waals surface area contributed by atoms with Crippen molar-refractivity contribution < 1.29 is 19.1 Å². The van der Waals surface area contributed by atoms with Crippen molar-refractivity contribution in [2.45, 2.75) is 26.3 Å². The summed E-state index contributed by atoms with van der Waals surface area (Å²) in [6.07, 6.45) is 0.731. The Morgan fingerprint density at radius 1 is 1.27 bits per heavy atom. The number of nitrogens with one attached hydrogen (secondary N) is 2. The van der Waals surface area contributed by atoms with Gasteiger partial charge in [-0.25, -0.2) is 9.59 Å². The molecule has 1 atom stereocenters. The molecular weight excluding hydrogens is 286 g/mol. The molecular formula is C15H17N3O4. The van der Waals surface area contributed by atoms with Gasteiger partial charge < -0.3 is 10.1 Å². The zero-order valence-corrected chi connectivity index (χ0v) is 12.4. The number of esters is 1. The maximum absolute atomic E-state index is 11.7. The van der Waals surface area contributed by atoms with Gasteiger partial charge in [-0.2, -0.15) is 5.26 Å². The van der Waals surface area contributed by atoms with Crippen LogP contribution in [0.4, 0.5) is 4.79 Å². The number of urea groups is 1. The summed E-state index contributed by atoms with van der Waals surface area (Å²) in [5.74, 6) is -1.43. The van der Waals surface area contributed by atoms with E-state index in [4.69, 9.17) is 10.00 Å². The molecule has 22 heavy (non-hydrogen) atoms. The highest BCUT2D eigenvalue weighted by Gasteiger charge is 2.13. The molecule has 0 aliphatic carbocycles. The first-order valence-corrected chi connectivity index (χ1v) is 6.74. The third kappa shape index (κ3) is 5.63. The van der Waals surface area contributed by atoms with Gasteiger partial charge in [0.05, 0.1) is 17.2 Å². The largest absolute Gasteiger partial charge is 0.452 e. The number of benzene rings is 1. The van der Waals surface area contributed by atoms with E-state index < -0.39 is 24.5 Å². The van der Waals surface area contributed by atoms with Crippen LogP contribution in [-0.2, 0) is 9.53 Å². The molecule has 0 spiro atoms. The Balaban J connectivity index is 2.41. The number of nitrogens with zero attached hydrogens (tertiary/aromatic N) is 1. The van der Waals surface area contributed by atoms with E-state index in [2.05, 4.69) is 10.6 Å². The standard InChI is InChI=1S/C15H17N3O4/c1-3-10(2)17-15(21)18-13(19)9-22-14(20)12-6-4-11(8-16)5-7-12/h4-7,10H,3,9H2,1-2H3,(H2,17,18,19,21)/t10-/m1/s1. The molecule has 0 fully saturated rings. The van der Waals surface area contributed by atoms with Gasteiger partial charge in [-0.3, -0.25) is 10.1 Å². The summed E-state index contributed by atoms with van der Waals surface area (Å²) in [5, 5.41) is 13.3. The van der Waals surface area contributed by atoms with Crippen LogP contribution in [0.2, 0.25) is 0 Å². The van der Waals surface area contributed by atoms with E-state index in [0.29, 0.717) is 5.56 Å². The summed E-state index contributed by atoms with van der Waals surface area (Å²) in [7, 11) is 0. The third-order valence-electron chi connectivity index (χ3n) is 2.83. The summed E-state index contributed by atoms with van der Waals surface area (Å²) in [5.41, 5.74) is 0.631. The van der Waals surface area contributed by atoms with Gasteiger partial charge in [0.15, 0.2) is 6.61 Å². The van der Waals surface area contributed by atoms with Crippen LogP contribution in [0, 0.1) is 11.3 Å². The summed E-state index contributed by atoms with van der Waals surface area (Å²) in [6, 6.07) is 7.02. The smallest absolute Gasteiger partial charge is 0.338 e. The molecule has 1 rings (SSSR count). The number of hydrogen-bond donors (Lipinski definition) is 2. The fourth-order valence-electron chi connectivity index (χ4n) is 1.42. The lowest BCUT2D eigenvalue weighted by molar-refractivity contribution is -0.123. The fourth-order valence-corrected chi connectivity index (χ4v) is 1.42. The highest BCUT2D eigenvalue weighted by atomic mass is 16.5. The maximum atomic E-state index is 11.7. The second kappa shape index (κ2) is 8.42. The number of amides is 3. The minimum atomic E-state index is -0.720. The highest BCUT2D eigenvalue weighted by Crippen LogP contribution is 2.04. The average Bonchev–Trinajstić information content (AvgIpc) is 2.52. The monoisotopic (exact) mass is 303 g/mol. The Morgan fingerprint density at radius 3 is 2.45 bits per heavy atom. The number of rotatable bonds is 5. The molecule has 116 valence electrons. The van der Waals surface area contributed by atoms with Gasteiger partial charge in [0.2, 0.25) is 0 Å². The zero-order valence-electron chi connectivity index (χ0n) is 12.4. The lowest BCUT2D eigenvalue weighted by atomic mass is 10.1. The van der Waals surface area contributed by atoms with Gasteiger partial charge in [-0.15, -0.1) is 0 Å². The Kier molecular flexibility index (Phi) is 6.57. The Hall–Kier alpha value is -2.88. The predicted octanol–water partition coefficient (Wildman–Crippen LogP) is 1.34. The van der Waals surface area contributed by atoms with Crippen LogP contribution in [0.5, 0.6) is 0 Å². The molecule has 7 nitrogen and oxygen atoms in total. The van der Waals surface area contributed by atoms with Gasteiger partial charge in [-0.05, 0) is 37.6 Å². The maximum Gasteiger partial charge on any atom is 0.338 e. The molecule has 0 aliphatic heterocycles. The Bertz CT molecular complexity index is 590. The van der Waals surface area contributed by atoms with E-state index in [1.165, 1.54) is 24.3 Å². The number of imide groups is 1. The van der Waals surface area contributed by atoms with Crippen molar-refractivity contribution in [3.8, 4) is 6.07 Å². The molecule has 0 saturated heterocycles. The van der Waals surface area contributed by atoms with Crippen LogP contribution < -0.4 is 10.6 Å². The van der Waals surface area contributed by atoms with E-state index in [1.807, 2.05) is 13.0 Å². The van der Waals surface area contributed by atoms with E-state index in [1.54, 1.807) is 6.92 Å². The predicted molar refractivity (Wildman–Crippen MR) is 77.9 cm³/mol. The third-order valence-corrected chi connectivity index (χ3v) is 2.83. The lowest BCUT2D eigenvalue weighted by Crippen LogP contribution is -2.44. The molecule has 1 aromatic carbocycles. The molecule has 0 saturated carbocycles. The first-order valence-electron chi connectivity index (χ1n) is 6.74. The van der Waals surface area contributed by atoms with Crippen LogP contribution >= 0.6 is 0 Å². The molecule has 7 heteroatoms. The molecule has 3 amide bonds. The van der Waals surface area contributed by atoms with Crippen molar-refractivity contribution in [1.29, 1.82) is 5.26 Å². The highest BCUT2D eigenvalue weighted by molar-refractivity contribution is 5.97. The molecule has 0 heterocycles. The molecule has 1 aromatic rings. The molecule has 2 N–H and O–H groups in total. The number of ether oxygens (including phenoxy) is 1. The van der Waals surface area contributed by atoms with Gasteiger partial charge in [0.1, 0.15) is 0 Å². The van der Waals surface area contributed by atoms with Gasteiger partial charge in [0.25, 0.3) is 5.91 Å². The number of hydrogen-bond acceptors (Lipinski definition) is 5. The van der Waals surface area contributed by atoms with Gasteiger partial charge >= 0.3 is 12.0 Å². The Morgan fingerprint density at radius 2 is 1.91 bits per heavy atom. The first kappa shape index (κ1) is 17.2. The van der Waals surface area contributed by atoms with Crippen molar-refractivity contribution in [2.75, 3.05) is 6.61 Å². The topological polar surface area (TPSA) is 108 Å². The van der Waals surface area contributed by atoms with Crippen LogP contribution in [0.25, 0.3) is 0 Å². The van der Waals surface area contributed by atoms with Crippen molar-refractivity contribution in [1.82, 2.24) is 10.6 Å². The second-order valence-corrected chi connectivity index (χ2v) is 4.60. The van der Waals surface area contributed by atoms with Crippen molar-refractivity contribution in [3.05, 3.63) is 35.4 Å². The first-order chi connectivity index (χ1) is 10.5. The van der Waals surface area contributed by atoms with Crippen molar-refractivity contribution in [3.63, 3.8) is 0 Å². The van der Waals surface area contributed by atoms with Crippen LogP contribution in [0.3, 0.4) is 0 Å². The summed E-state index contributed by atoms with van der Waals surface area (Å²) in [6.45, 7) is 3.13. The summed E-state index contributed by atoms with van der Waals surface area (Å²) < 4.78 is 4.78. The summed E-state index contributed by atoms with van der Waals surface area (Å²) >= 11 is 0. The quantitative estimate of drug-likeness (QED) is 0.798. The van der Waals surface area contributed by atoms with Crippen molar-refractivity contribution in [2.24, 2.45) is 0 Å². The molecule has 0 aromatic heterocycles. The van der Waals surface area contributed by atoms with Crippen molar-refractivity contribution >= 4 is 17.9 Å². The van der Waals surface area contributed by atoms with Gasteiger partial charge in [0, 0.05) is 6.04 Å². The molecule has 0 radical (unpaired) electrons. The van der Waals surface area contributed by atoms with E-state index in [0.717, 1.165) is 6.42 Å². The fraction of sp³-hybridized carbons (Fsp3) is 0.333. The summed E-state index contributed by atoms with van der Waals surface area (Å²) in [4.78, 5) is 34.5. The molecule has 0 unspecified atom stereocenters. The normalized spacial score (nSPS) is 11.0. The number of carbonyl (C=O) groups excluding carboxylic acids is 3.